The molecule has 1 aliphatic rings. The Kier molecular flexibility index (Phi) is 4.93. The second kappa shape index (κ2) is 6.69. The Labute approximate surface area is 112 Å². The first kappa shape index (κ1) is 13.3. The summed E-state index contributed by atoms with van der Waals surface area (Å²) < 4.78 is 0. The van der Waals surface area contributed by atoms with Gasteiger partial charge in [-0.2, -0.15) is 11.8 Å². The molecule has 18 heavy (non-hydrogen) atoms. The summed E-state index contributed by atoms with van der Waals surface area (Å²) >= 11 is 2.04. The molecule has 4 heteroatoms. The van der Waals surface area contributed by atoms with Gasteiger partial charge in [-0.15, -0.1) is 0 Å². The number of amidine groups is 1. The third kappa shape index (κ3) is 3.67. The minimum Gasteiger partial charge on any atom is -0.409 e. The average Bonchev–Trinajstić information content (AvgIpc) is 2.45. The van der Waals surface area contributed by atoms with Crippen LogP contribution in [0.25, 0.3) is 0 Å². The molecule has 1 aromatic rings. The molecule has 3 N–H and O–H groups in total. The standard InChI is InChI=1S/C14H20N2OS/c15-14(16-17)12-6-4-5-11(9-12)10-18-13-7-2-1-3-8-13/h4-6,9,13,17H,1-3,7-8,10H2,(H2,15,16). The highest BCUT2D eigenvalue weighted by Gasteiger charge is 2.13. The lowest BCUT2D eigenvalue weighted by atomic mass is 10.0. The van der Waals surface area contributed by atoms with E-state index in [-0.39, 0.29) is 5.84 Å². The van der Waals surface area contributed by atoms with Gasteiger partial charge in [0, 0.05) is 16.6 Å². The fourth-order valence-corrected chi connectivity index (χ4v) is 3.60. The number of benzene rings is 1. The fourth-order valence-electron chi connectivity index (χ4n) is 2.32. The van der Waals surface area contributed by atoms with E-state index in [0.717, 1.165) is 16.6 Å². The van der Waals surface area contributed by atoms with Crippen molar-refractivity contribution in [1.82, 2.24) is 0 Å². The number of hydrogen-bond acceptors (Lipinski definition) is 3. The van der Waals surface area contributed by atoms with Gasteiger partial charge in [0.2, 0.25) is 0 Å². The Bertz CT molecular complexity index is 414. The van der Waals surface area contributed by atoms with Gasteiger partial charge in [0.1, 0.15) is 0 Å². The monoisotopic (exact) mass is 264 g/mol. The Hall–Kier alpha value is -1.16. The minimum absolute atomic E-state index is 0.180. The van der Waals surface area contributed by atoms with Gasteiger partial charge < -0.3 is 10.9 Å². The maximum Gasteiger partial charge on any atom is 0.170 e. The van der Waals surface area contributed by atoms with Gasteiger partial charge in [0.15, 0.2) is 5.84 Å². The average molecular weight is 264 g/mol. The highest BCUT2D eigenvalue weighted by molar-refractivity contribution is 7.99. The zero-order valence-corrected chi connectivity index (χ0v) is 11.3. The van der Waals surface area contributed by atoms with Gasteiger partial charge in [-0.25, -0.2) is 0 Å². The Morgan fingerprint density at radius 2 is 2.11 bits per heavy atom. The maximum atomic E-state index is 8.67. The van der Waals surface area contributed by atoms with E-state index in [1.54, 1.807) is 0 Å². The van der Waals surface area contributed by atoms with E-state index < -0.39 is 0 Å². The highest BCUT2D eigenvalue weighted by atomic mass is 32.2. The third-order valence-electron chi connectivity index (χ3n) is 3.37. The number of nitrogens with zero attached hydrogens (tertiary/aromatic N) is 1. The molecule has 1 aromatic carbocycles. The second-order valence-electron chi connectivity index (χ2n) is 4.76. The summed E-state index contributed by atoms with van der Waals surface area (Å²) in [5.41, 5.74) is 7.63. The summed E-state index contributed by atoms with van der Waals surface area (Å²) in [6, 6.07) is 7.93. The van der Waals surface area contributed by atoms with Gasteiger partial charge in [0.05, 0.1) is 0 Å². The van der Waals surface area contributed by atoms with Crippen LogP contribution in [0.15, 0.2) is 29.4 Å². The summed E-state index contributed by atoms with van der Waals surface area (Å²) in [7, 11) is 0. The van der Waals surface area contributed by atoms with Gasteiger partial charge in [0.25, 0.3) is 0 Å². The first-order valence-corrected chi connectivity index (χ1v) is 7.53. The topological polar surface area (TPSA) is 58.6 Å². The van der Waals surface area contributed by atoms with E-state index in [0.29, 0.717) is 0 Å². The van der Waals surface area contributed by atoms with Crippen LogP contribution < -0.4 is 5.73 Å². The molecule has 2 rings (SSSR count). The summed E-state index contributed by atoms with van der Waals surface area (Å²) in [5.74, 6) is 1.19. The van der Waals surface area contributed by atoms with Crippen LogP contribution in [0.2, 0.25) is 0 Å². The van der Waals surface area contributed by atoms with Crippen LogP contribution in [0.5, 0.6) is 0 Å². The molecule has 0 unspecified atom stereocenters. The van der Waals surface area contributed by atoms with Crippen LogP contribution in [-0.4, -0.2) is 16.3 Å². The molecule has 3 nitrogen and oxygen atoms in total. The number of rotatable bonds is 4. The van der Waals surface area contributed by atoms with Gasteiger partial charge >= 0.3 is 0 Å². The smallest absolute Gasteiger partial charge is 0.170 e. The highest BCUT2D eigenvalue weighted by Crippen LogP contribution is 2.30. The molecule has 98 valence electrons. The molecule has 0 bridgehead atoms. The van der Waals surface area contributed by atoms with Crippen LogP contribution in [0.3, 0.4) is 0 Å². The predicted molar refractivity (Wildman–Crippen MR) is 77.1 cm³/mol. The Balaban J connectivity index is 1.92. The normalized spacial score (nSPS) is 17.9. The molecule has 0 atom stereocenters. The lowest BCUT2D eigenvalue weighted by Crippen LogP contribution is -2.13. The van der Waals surface area contributed by atoms with Crippen LogP contribution in [0.4, 0.5) is 0 Å². The van der Waals surface area contributed by atoms with Crippen molar-refractivity contribution in [3.8, 4) is 0 Å². The maximum absolute atomic E-state index is 8.67. The van der Waals surface area contributed by atoms with E-state index in [9.17, 15) is 0 Å². The Morgan fingerprint density at radius 3 is 2.83 bits per heavy atom. The van der Waals surface area contributed by atoms with Crippen LogP contribution in [0, 0.1) is 0 Å². The molecule has 0 heterocycles. The number of oxime groups is 1. The largest absolute Gasteiger partial charge is 0.409 e. The van der Waals surface area contributed by atoms with E-state index in [2.05, 4.69) is 11.2 Å². The molecule has 1 aliphatic carbocycles. The molecule has 0 saturated heterocycles. The molecule has 0 spiro atoms. The van der Waals surface area contributed by atoms with Crippen molar-refractivity contribution in [1.29, 1.82) is 0 Å². The van der Waals surface area contributed by atoms with Crippen molar-refractivity contribution < 1.29 is 5.21 Å². The predicted octanol–water partition coefficient (Wildman–Crippen LogP) is 3.35. The summed E-state index contributed by atoms with van der Waals surface area (Å²) in [4.78, 5) is 0. The number of nitrogens with two attached hydrogens (primary N) is 1. The van der Waals surface area contributed by atoms with Gasteiger partial charge in [-0.3, -0.25) is 0 Å². The lowest BCUT2D eigenvalue weighted by Gasteiger charge is -2.20. The van der Waals surface area contributed by atoms with Crippen molar-refractivity contribution in [2.24, 2.45) is 10.9 Å². The zero-order chi connectivity index (χ0) is 12.8. The van der Waals surface area contributed by atoms with Gasteiger partial charge in [-0.1, -0.05) is 42.6 Å². The van der Waals surface area contributed by atoms with E-state index in [1.807, 2.05) is 30.0 Å². The molecular weight excluding hydrogens is 244 g/mol. The van der Waals surface area contributed by atoms with Crippen molar-refractivity contribution in [2.75, 3.05) is 0 Å². The first-order chi connectivity index (χ1) is 8.79. The molecule has 1 saturated carbocycles. The number of thioether (sulfide) groups is 1. The van der Waals surface area contributed by atoms with Crippen molar-refractivity contribution >= 4 is 17.6 Å². The summed E-state index contributed by atoms with van der Waals surface area (Å²) in [6.07, 6.45) is 6.86. The van der Waals surface area contributed by atoms with Gasteiger partial charge in [-0.05, 0) is 24.5 Å². The van der Waals surface area contributed by atoms with E-state index in [1.165, 1.54) is 37.7 Å². The SMILES string of the molecule is N/C(=N\O)c1cccc(CSC2CCCCC2)c1. The van der Waals surface area contributed by atoms with Crippen LogP contribution in [-0.2, 0) is 5.75 Å². The second-order valence-corrected chi connectivity index (χ2v) is 6.05. The quantitative estimate of drug-likeness (QED) is 0.379. The summed E-state index contributed by atoms with van der Waals surface area (Å²) in [5, 5.41) is 12.5. The van der Waals surface area contributed by atoms with Crippen LogP contribution >= 0.6 is 11.8 Å². The fraction of sp³-hybridized carbons (Fsp3) is 0.500. The van der Waals surface area contributed by atoms with E-state index in [4.69, 9.17) is 10.9 Å². The number of hydrogen-bond donors (Lipinski definition) is 2. The first-order valence-electron chi connectivity index (χ1n) is 6.48. The molecule has 0 aromatic heterocycles. The Morgan fingerprint density at radius 1 is 1.33 bits per heavy atom. The van der Waals surface area contributed by atoms with Crippen molar-refractivity contribution in [3.05, 3.63) is 35.4 Å². The summed E-state index contributed by atoms with van der Waals surface area (Å²) in [6.45, 7) is 0. The van der Waals surface area contributed by atoms with Crippen molar-refractivity contribution in [3.63, 3.8) is 0 Å². The van der Waals surface area contributed by atoms with Crippen LogP contribution in [0.1, 0.15) is 43.2 Å². The molecule has 1 fully saturated rings. The molecule has 0 amide bonds. The zero-order valence-electron chi connectivity index (χ0n) is 10.5. The molecule has 0 radical (unpaired) electrons. The van der Waals surface area contributed by atoms with E-state index >= 15 is 0 Å². The third-order valence-corrected chi connectivity index (χ3v) is 4.81. The molecular formula is C14H20N2OS. The minimum atomic E-state index is 0.180. The van der Waals surface area contributed by atoms with Crippen molar-refractivity contribution in [2.45, 2.75) is 43.1 Å². The lowest BCUT2D eigenvalue weighted by molar-refractivity contribution is 0.318. The molecule has 0 aliphatic heterocycles.